The molecule has 0 saturated carbocycles. The van der Waals surface area contributed by atoms with Crippen LogP contribution in [-0.4, -0.2) is 28.7 Å². The fourth-order valence-electron chi connectivity index (χ4n) is 3.59. The Morgan fingerprint density at radius 2 is 1.45 bits per heavy atom. The van der Waals surface area contributed by atoms with Crippen molar-refractivity contribution in [3.63, 3.8) is 0 Å². The van der Waals surface area contributed by atoms with Gasteiger partial charge < -0.3 is 4.90 Å². The van der Waals surface area contributed by atoms with Crippen LogP contribution in [0.4, 0.5) is 34.6 Å². The molecule has 1 aliphatic heterocycles. The molecule has 0 atom stereocenters. The number of carbonyl (C=O) groups excluding carboxylic acids is 1. The molecule has 0 unspecified atom stereocenters. The standard InChI is InChI=1S/C19H15F4N3O5/c20-14-3-1-11(2-4-14)18(27)12-5-7-24(8-6-12)17-15(25(28)29)9-13(19(21,22)23)10-16(17)26(30)31/h1-4,9-10,12H,5-8H2. The van der Waals surface area contributed by atoms with Crippen molar-refractivity contribution in [2.24, 2.45) is 5.92 Å². The summed E-state index contributed by atoms with van der Waals surface area (Å²) in [6.45, 7) is -0.0186. The van der Waals surface area contributed by atoms with E-state index in [4.69, 9.17) is 0 Å². The van der Waals surface area contributed by atoms with Crippen molar-refractivity contribution < 1.29 is 32.2 Å². The van der Waals surface area contributed by atoms with Crippen molar-refractivity contribution in [2.75, 3.05) is 18.0 Å². The van der Waals surface area contributed by atoms with Crippen LogP contribution in [0.2, 0.25) is 0 Å². The molecule has 0 N–H and O–H groups in total. The van der Waals surface area contributed by atoms with Crippen molar-refractivity contribution in [3.8, 4) is 0 Å². The van der Waals surface area contributed by atoms with Crippen LogP contribution >= 0.6 is 0 Å². The molecule has 0 bridgehead atoms. The highest BCUT2D eigenvalue weighted by atomic mass is 19.4. The maximum atomic E-state index is 13.1. The first kappa shape index (κ1) is 22.1. The van der Waals surface area contributed by atoms with Gasteiger partial charge in [0.2, 0.25) is 0 Å². The lowest BCUT2D eigenvalue weighted by atomic mass is 9.88. The molecule has 0 spiro atoms. The number of ketones is 1. The predicted molar refractivity (Wildman–Crippen MR) is 100 cm³/mol. The van der Waals surface area contributed by atoms with Gasteiger partial charge in [0.25, 0.3) is 11.4 Å². The van der Waals surface area contributed by atoms with Crippen LogP contribution in [0.15, 0.2) is 36.4 Å². The molecule has 2 aromatic carbocycles. The first-order valence-corrected chi connectivity index (χ1v) is 9.07. The summed E-state index contributed by atoms with van der Waals surface area (Å²) in [6.07, 6.45) is -4.65. The van der Waals surface area contributed by atoms with Crippen molar-refractivity contribution in [1.82, 2.24) is 0 Å². The van der Waals surface area contributed by atoms with Gasteiger partial charge in [-0.2, -0.15) is 13.2 Å². The molecule has 3 rings (SSSR count). The number of nitro benzene ring substituents is 2. The third-order valence-corrected chi connectivity index (χ3v) is 5.10. The molecule has 164 valence electrons. The number of nitro groups is 2. The zero-order chi connectivity index (χ0) is 22.9. The number of halogens is 4. The van der Waals surface area contributed by atoms with Gasteiger partial charge in [-0.05, 0) is 37.1 Å². The molecular weight excluding hydrogens is 426 g/mol. The number of anilines is 1. The lowest BCUT2D eigenvalue weighted by Gasteiger charge is -2.32. The number of nitrogens with zero attached hydrogens (tertiary/aromatic N) is 3. The number of hydrogen-bond acceptors (Lipinski definition) is 6. The highest BCUT2D eigenvalue weighted by Gasteiger charge is 2.40. The summed E-state index contributed by atoms with van der Waals surface area (Å²) >= 11 is 0. The Labute approximate surface area is 172 Å². The Bertz CT molecular complexity index is 997. The molecular formula is C19H15F4N3O5. The third-order valence-electron chi connectivity index (χ3n) is 5.10. The minimum absolute atomic E-state index is 0.00928. The van der Waals surface area contributed by atoms with Gasteiger partial charge >= 0.3 is 6.18 Å². The van der Waals surface area contributed by atoms with E-state index in [1.165, 1.54) is 17.0 Å². The number of benzene rings is 2. The maximum absolute atomic E-state index is 13.1. The Balaban J connectivity index is 1.90. The number of piperidine rings is 1. The second-order valence-corrected chi connectivity index (χ2v) is 7.01. The third kappa shape index (κ3) is 4.62. The van der Waals surface area contributed by atoms with E-state index in [9.17, 15) is 42.6 Å². The van der Waals surface area contributed by atoms with E-state index in [-0.39, 0.29) is 49.4 Å². The maximum Gasteiger partial charge on any atom is 0.416 e. The molecule has 8 nitrogen and oxygen atoms in total. The van der Waals surface area contributed by atoms with Gasteiger partial charge in [0.05, 0.1) is 15.4 Å². The summed E-state index contributed by atoms with van der Waals surface area (Å²) in [7, 11) is 0. The number of Topliss-reactive ketones (excluding diaryl/α,β-unsaturated/α-hetero) is 1. The highest BCUT2D eigenvalue weighted by molar-refractivity contribution is 5.98. The summed E-state index contributed by atoms with van der Waals surface area (Å²) in [5.74, 6) is -1.28. The zero-order valence-electron chi connectivity index (χ0n) is 15.8. The molecule has 0 amide bonds. The van der Waals surface area contributed by atoms with Gasteiger partial charge in [0, 0.05) is 36.7 Å². The summed E-state index contributed by atoms with van der Waals surface area (Å²) < 4.78 is 52.2. The van der Waals surface area contributed by atoms with Gasteiger partial charge in [-0.1, -0.05) is 0 Å². The zero-order valence-corrected chi connectivity index (χ0v) is 15.8. The average molecular weight is 441 g/mol. The van der Waals surface area contributed by atoms with Crippen LogP contribution in [-0.2, 0) is 6.18 Å². The Morgan fingerprint density at radius 3 is 1.87 bits per heavy atom. The van der Waals surface area contributed by atoms with Crippen LogP contribution in [0, 0.1) is 32.0 Å². The van der Waals surface area contributed by atoms with E-state index in [0.717, 1.165) is 12.1 Å². The monoisotopic (exact) mass is 441 g/mol. The second kappa shape index (κ2) is 8.28. The SMILES string of the molecule is O=C(c1ccc(F)cc1)C1CCN(c2c([N+](=O)[O-])cc(C(F)(F)F)cc2[N+](=O)[O-])CC1. The Morgan fingerprint density at radius 1 is 0.968 bits per heavy atom. The molecule has 0 aliphatic carbocycles. The minimum atomic E-state index is -5.00. The van der Waals surface area contributed by atoms with Gasteiger partial charge in [-0.3, -0.25) is 25.0 Å². The van der Waals surface area contributed by atoms with Crippen molar-refractivity contribution in [3.05, 3.63) is 73.6 Å². The van der Waals surface area contributed by atoms with Crippen LogP contribution in [0.5, 0.6) is 0 Å². The summed E-state index contributed by atoms with van der Waals surface area (Å²) in [5.41, 5.74) is -3.77. The lowest BCUT2D eigenvalue weighted by molar-refractivity contribution is -0.393. The molecule has 0 aromatic heterocycles. The fraction of sp³-hybridized carbons (Fsp3) is 0.316. The summed E-state index contributed by atoms with van der Waals surface area (Å²) in [4.78, 5) is 34.5. The Hall–Kier alpha value is -3.57. The average Bonchev–Trinajstić information content (AvgIpc) is 2.72. The van der Waals surface area contributed by atoms with E-state index < -0.39 is 50.4 Å². The normalized spacial score (nSPS) is 15.0. The molecule has 2 aromatic rings. The smallest absolute Gasteiger partial charge is 0.360 e. The second-order valence-electron chi connectivity index (χ2n) is 7.01. The highest BCUT2D eigenvalue weighted by Crippen LogP contribution is 2.44. The number of carbonyl (C=O) groups is 1. The van der Waals surface area contributed by atoms with E-state index >= 15 is 0 Å². The van der Waals surface area contributed by atoms with Gasteiger partial charge in [-0.15, -0.1) is 0 Å². The molecule has 12 heteroatoms. The topological polar surface area (TPSA) is 107 Å². The van der Waals surface area contributed by atoms with E-state index in [0.29, 0.717) is 0 Å². The van der Waals surface area contributed by atoms with Crippen molar-refractivity contribution >= 4 is 22.8 Å². The number of alkyl halides is 3. The van der Waals surface area contributed by atoms with Crippen LogP contribution in [0.25, 0.3) is 0 Å². The quantitative estimate of drug-likeness (QED) is 0.287. The molecule has 1 saturated heterocycles. The van der Waals surface area contributed by atoms with E-state index in [1.54, 1.807) is 0 Å². The van der Waals surface area contributed by atoms with Crippen LogP contribution in [0.1, 0.15) is 28.8 Å². The van der Waals surface area contributed by atoms with Gasteiger partial charge in [-0.25, -0.2) is 4.39 Å². The van der Waals surface area contributed by atoms with Gasteiger partial charge in [0.15, 0.2) is 11.5 Å². The summed E-state index contributed by atoms with van der Waals surface area (Å²) in [6, 6.07) is 5.48. The molecule has 31 heavy (non-hydrogen) atoms. The largest absolute Gasteiger partial charge is 0.416 e. The van der Waals surface area contributed by atoms with Crippen LogP contribution < -0.4 is 4.90 Å². The van der Waals surface area contributed by atoms with Crippen molar-refractivity contribution in [1.29, 1.82) is 0 Å². The Kier molecular flexibility index (Phi) is 5.91. The number of rotatable bonds is 5. The summed E-state index contributed by atoms with van der Waals surface area (Å²) in [5, 5.41) is 22.8. The molecule has 0 radical (unpaired) electrons. The van der Waals surface area contributed by atoms with Crippen molar-refractivity contribution in [2.45, 2.75) is 19.0 Å². The fourth-order valence-corrected chi connectivity index (χ4v) is 3.59. The lowest BCUT2D eigenvalue weighted by Crippen LogP contribution is -2.37. The van der Waals surface area contributed by atoms with E-state index in [1.807, 2.05) is 0 Å². The first-order chi connectivity index (χ1) is 14.5. The predicted octanol–water partition coefficient (Wildman–Crippen LogP) is 4.76. The molecule has 1 aliphatic rings. The minimum Gasteiger partial charge on any atom is -0.360 e. The molecule has 1 heterocycles. The van der Waals surface area contributed by atoms with E-state index in [2.05, 4.69) is 0 Å². The van der Waals surface area contributed by atoms with Gasteiger partial charge in [0.1, 0.15) is 5.82 Å². The van der Waals surface area contributed by atoms with Crippen LogP contribution in [0.3, 0.4) is 0 Å². The molecule has 1 fully saturated rings. The first-order valence-electron chi connectivity index (χ1n) is 9.07. The number of hydrogen-bond donors (Lipinski definition) is 0.